The second-order valence-electron chi connectivity index (χ2n) is 5.89. The predicted molar refractivity (Wildman–Crippen MR) is 76.2 cm³/mol. The summed E-state index contributed by atoms with van der Waals surface area (Å²) in [6.07, 6.45) is 2.11. The van der Waals surface area contributed by atoms with Crippen LogP contribution in [0.15, 0.2) is 35.8 Å². The average molecular weight is 244 g/mol. The molecule has 0 radical (unpaired) electrons. The Labute approximate surface area is 110 Å². The van der Waals surface area contributed by atoms with Gasteiger partial charge >= 0.3 is 7.12 Å². The van der Waals surface area contributed by atoms with E-state index in [1.54, 1.807) is 0 Å². The Bertz CT molecular complexity index is 433. The molecule has 1 fully saturated rings. The van der Waals surface area contributed by atoms with Crippen molar-refractivity contribution in [1.82, 2.24) is 0 Å². The van der Waals surface area contributed by atoms with Crippen molar-refractivity contribution in [3.05, 3.63) is 41.4 Å². The maximum Gasteiger partial charge on any atom is 0.490 e. The lowest BCUT2D eigenvalue weighted by molar-refractivity contribution is 0.00578. The molecule has 18 heavy (non-hydrogen) atoms. The monoisotopic (exact) mass is 244 g/mol. The van der Waals surface area contributed by atoms with E-state index in [-0.39, 0.29) is 18.3 Å². The zero-order valence-electron chi connectivity index (χ0n) is 11.9. The SMILES string of the molecule is CC(=Cc1ccccc1)B1OC(C)(C)C(C)(C)O1. The summed E-state index contributed by atoms with van der Waals surface area (Å²) in [5.41, 5.74) is 1.72. The van der Waals surface area contributed by atoms with Gasteiger partial charge in [0, 0.05) is 0 Å². The third kappa shape index (κ3) is 2.52. The third-order valence-corrected chi connectivity index (χ3v) is 3.82. The van der Waals surface area contributed by atoms with Crippen molar-refractivity contribution in [1.29, 1.82) is 0 Å². The molecule has 0 spiro atoms. The van der Waals surface area contributed by atoms with E-state index in [1.165, 1.54) is 5.56 Å². The summed E-state index contributed by atoms with van der Waals surface area (Å²) in [4.78, 5) is 0. The summed E-state index contributed by atoms with van der Waals surface area (Å²) >= 11 is 0. The van der Waals surface area contributed by atoms with Crippen LogP contribution in [0.5, 0.6) is 0 Å². The lowest BCUT2D eigenvalue weighted by atomic mass is 9.78. The van der Waals surface area contributed by atoms with Crippen LogP contribution in [-0.2, 0) is 9.31 Å². The normalized spacial score (nSPS) is 22.3. The standard InChI is InChI=1S/C15H21BO2/c1-12(11-13-9-7-6-8-10-13)16-17-14(2,3)15(4,5)18-16/h6-11H,1-5H3. The highest BCUT2D eigenvalue weighted by atomic mass is 16.7. The molecule has 0 bridgehead atoms. The van der Waals surface area contributed by atoms with Gasteiger partial charge in [-0.15, -0.1) is 0 Å². The van der Waals surface area contributed by atoms with Crippen LogP contribution < -0.4 is 0 Å². The third-order valence-electron chi connectivity index (χ3n) is 3.82. The fourth-order valence-electron chi connectivity index (χ4n) is 1.91. The minimum atomic E-state index is -0.274. The quantitative estimate of drug-likeness (QED) is 0.738. The topological polar surface area (TPSA) is 18.5 Å². The largest absolute Gasteiger partial charge is 0.490 e. The molecule has 1 aromatic carbocycles. The molecule has 0 aliphatic carbocycles. The van der Waals surface area contributed by atoms with Gasteiger partial charge in [-0.25, -0.2) is 0 Å². The summed E-state index contributed by atoms with van der Waals surface area (Å²) in [6.45, 7) is 10.3. The van der Waals surface area contributed by atoms with Gasteiger partial charge in [0.1, 0.15) is 0 Å². The van der Waals surface area contributed by atoms with Gasteiger partial charge in [-0.2, -0.15) is 0 Å². The average Bonchev–Trinajstić information content (AvgIpc) is 2.50. The Morgan fingerprint density at radius 3 is 2.00 bits per heavy atom. The second kappa shape index (κ2) is 4.56. The molecule has 96 valence electrons. The zero-order chi connectivity index (χ0) is 13.4. The first-order chi connectivity index (χ1) is 8.32. The van der Waals surface area contributed by atoms with Gasteiger partial charge < -0.3 is 9.31 Å². The van der Waals surface area contributed by atoms with Gasteiger partial charge in [0.2, 0.25) is 0 Å². The molecule has 1 aliphatic rings. The molecule has 1 saturated heterocycles. The molecule has 3 heteroatoms. The Balaban J connectivity index is 2.18. The van der Waals surface area contributed by atoms with E-state index in [2.05, 4.69) is 52.8 Å². The highest BCUT2D eigenvalue weighted by Crippen LogP contribution is 2.38. The summed E-state index contributed by atoms with van der Waals surface area (Å²) in [5, 5.41) is 0. The van der Waals surface area contributed by atoms with Crippen molar-refractivity contribution in [3.8, 4) is 0 Å². The Kier molecular flexibility index (Phi) is 3.39. The Hall–Kier alpha value is -1.06. The van der Waals surface area contributed by atoms with Gasteiger partial charge in [0.05, 0.1) is 11.2 Å². The molecule has 0 saturated carbocycles. The fourth-order valence-corrected chi connectivity index (χ4v) is 1.91. The van der Waals surface area contributed by atoms with Crippen LogP contribution in [0.3, 0.4) is 0 Å². The van der Waals surface area contributed by atoms with E-state index < -0.39 is 0 Å². The van der Waals surface area contributed by atoms with Crippen molar-refractivity contribution < 1.29 is 9.31 Å². The zero-order valence-corrected chi connectivity index (χ0v) is 11.9. The van der Waals surface area contributed by atoms with Crippen molar-refractivity contribution in [3.63, 3.8) is 0 Å². The number of benzene rings is 1. The van der Waals surface area contributed by atoms with E-state index in [0.717, 1.165) is 5.47 Å². The Morgan fingerprint density at radius 1 is 1.00 bits per heavy atom. The molecule has 0 N–H and O–H groups in total. The van der Waals surface area contributed by atoms with Crippen LogP contribution in [0.4, 0.5) is 0 Å². The van der Waals surface area contributed by atoms with E-state index in [4.69, 9.17) is 9.31 Å². The maximum atomic E-state index is 6.01. The van der Waals surface area contributed by atoms with E-state index >= 15 is 0 Å². The van der Waals surface area contributed by atoms with Crippen LogP contribution in [0, 0.1) is 0 Å². The molecule has 1 aliphatic heterocycles. The molecule has 0 unspecified atom stereocenters. The number of rotatable bonds is 2. The molecular weight excluding hydrogens is 223 g/mol. The lowest BCUT2D eigenvalue weighted by Gasteiger charge is -2.32. The minimum absolute atomic E-state index is 0.254. The molecule has 1 heterocycles. The number of hydrogen-bond acceptors (Lipinski definition) is 2. The van der Waals surface area contributed by atoms with Crippen LogP contribution in [-0.4, -0.2) is 18.3 Å². The maximum absolute atomic E-state index is 6.01. The number of hydrogen-bond donors (Lipinski definition) is 0. The van der Waals surface area contributed by atoms with Crippen molar-refractivity contribution in [2.75, 3.05) is 0 Å². The highest BCUT2D eigenvalue weighted by molar-refractivity contribution is 6.55. The van der Waals surface area contributed by atoms with E-state index in [0.29, 0.717) is 0 Å². The van der Waals surface area contributed by atoms with Gasteiger partial charge in [-0.05, 0) is 45.7 Å². The minimum Gasteiger partial charge on any atom is -0.400 e. The number of allylic oxidation sites excluding steroid dienone is 1. The smallest absolute Gasteiger partial charge is 0.400 e. The van der Waals surface area contributed by atoms with Crippen LogP contribution >= 0.6 is 0 Å². The first-order valence-electron chi connectivity index (χ1n) is 6.41. The fraction of sp³-hybridized carbons (Fsp3) is 0.467. The molecule has 0 atom stereocenters. The van der Waals surface area contributed by atoms with Crippen LogP contribution in [0.1, 0.15) is 40.2 Å². The van der Waals surface area contributed by atoms with Crippen LogP contribution in [0.25, 0.3) is 6.08 Å². The molecule has 1 aromatic rings. The summed E-state index contributed by atoms with van der Waals surface area (Å²) in [7, 11) is -0.254. The van der Waals surface area contributed by atoms with Crippen molar-refractivity contribution in [2.45, 2.75) is 45.8 Å². The van der Waals surface area contributed by atoms with Crippen molar-refractivity contribution in [2.24, 2.45) is 0 Å². The van der Waals surface area contributed by atoms with Gasteiger partial charge in [0.15, 0.2) is 0 Å². The van der Waals surface area contributed by atoms with Gasteiger partial charge in [-0.1, -0.05) is 36.4 Å². The van der Waals surface area contributed by atoms with Crippen LogP contribution in [0.2, 0.25) is 0 Å². The van der Waals surface area contributed by atoms with Gasteiger partial charge in [0.25, 0.3) is 0 Å². The van der Waals surface area contributed by atoms with Crippen molar-refractivity contribution >= 4 is 13.2 Å². The molecule has 2 nitrogen and oxygen atoms in total. The summed E-state index contributed by atoms with van der Waals surface area (Å²) in [5.74, 6) is 0. The van der Waals surface area contributed by atoms with E-state index in [9.17, 15) is 0 Å². The molecule has 0 aromatic heterocycles. The first kappa shape index (κ1) is 13.4. The highest BCUT2D eigenvalue weighted by Gasteiger charge is 2.51. The molecule has 2 rings (SSSR count). The molecule has 0 amide bonds. The predicted octanol–water partition coefficient (Wildman–Crippen LogP) is 3.72. The first-order valence-corrected chi connectivity index (χ1v) is 6.41. The Morgan fingerprint density at radius 2 is 1.50 bits per heavy atom. The summed E-state index contributed by atoms with van der Waals surface area (Å²) in [6, 6.07) is 10.2. The van der Waals surface area contributed by atoms with E-state index in [1.807, 2.05) is 18.2 Å². The lowest BCUT2D eigenvalue weighted by Crippen LogP contribution is -2.41. The second-order valence-corrected chi connectivity index (χ2v) is 5.89. The van der Waals surface area contributed by atoms with Gasteiger partial charge in [-0.3, -0.25) is 0 Å². The molecular formula is C15H21BO2. The summed E-state index contributed by atoms with van der Waals surface area (Å²) < 4.78 is 12.0.